The fourth-order valence-corrected chi connectivity index (χ4v) is 3.56. The first-order chi connectivity index (χ1) is 12.8. The van der Waals surface area contributed by atoms with Crippen LogP contribution in [0.25, 0.3) is 0 Å². The van der Waals surface area contributed by atoms with Gasteiger partial charge in [-0.05, 0) is 62.8 Å². The van der Waals surface area contributed by atoms with Gasteiger partial charge in [0.25, 0.3) is 0 Å². The molecule has 0 amide bonds. The molecule has 0 atom stereocenters. The molecule has 2 aliphatic rings. The lowest BCUT2D eigenvalue weighted by molar-refractivity contribution is 0.00578. The van der Waals surface area contributed by atoms with Crippen molar-refractivity contribution < 1.29 is 9.31 Å². The summed E-state index contributed by atoms with van der Waals surface area (Å²) in [5.74, 6) is 0. The lowest BCUT2D eigenvalue weighted by Crippen LogP contribution is -2.41. The number of anilines is 1. The molecule has 2 aromatic rings. The standard InChI is InChI=1S/C21H24BN3O2/c1-20(2)21(3,4)27-22(26-20)17-6-5-15-9-10-25(14-16(15)11-17)19-8-7-18(12-23)24-13-19/h5-8,11,13H,9-10,14H2,1-4H3. The third kappa shape index (κ3) is 3.22. The van der Waals surface area contributed by atoms with Crippen LogP contribution < -0.4 is 10.4 Å². The van der Waals surface area contributed by atoms with Crippen LogP contribution >= 0.6 is 0 Å². The van der Waals surface area contributed by atoms with Crippen LogP contribution in [0.15, 0.2) is 36.5 Å². The zero-order valence-electron chi connectivity index (χ0n) is 16.3. The number of hydrogen-bond donors (Lipinski definition) is 0. The molecule has 5 nitrogen and oxygen atoms in total. The van der Waals surface area contributed by atoms with E-state index in [1.807, 2.05) is 6.07 Å². The second-order valence-electron chi connectivity index (χ2n) is 8.30. The predicted molar refractivity (Wildman–Crippen MR) is 106 cm³/mol. The van der Waals surface area contributed by atoms with E-state index in [1.54, 1.807) is 12.3 Å². The molecule has 0 bridgehead atoms. The summed E-state index contributed by atoms with van der Waals surface area (Å²) in [7, 11) is -0.341. The molecule has 1 aromatic heterocycles. The summed E-state index contributed by atoms with van der Waals surface area (Å²) in [4.78, 5) is 6.49. The van der Waals surface area contributed by atoms with Gasteiger partial charge in [0.15, 0.2) is 0 Å². The lowest BCUT2D eigenvalue weighted by Gasteiger charge is -2.32. The van der Waals surface area contributed by atoms with Crippen molar-refractivity contribution in [1.82, 2.24) is 4.98 Å². The van der Waals surface area contributed by atoms with E-state index in [0.717, 1.165) is 30.7 Å². The predicted octanol–water partition coefficient (Wildman–Crippen LogP) is 2.82. The zero-order valence-corrected chi connectivity index (χ0v) is 16.3. The van der Waals surface area contributed by atoms with E-state index in [2.05, 4.69) is 61.8 Å². The molecular weight excluding hydrogens is 337 g/mol. The van der Waals surface area contributed by atoms with Gasteiger partial charge in [-0.1, -0.05) is 18.2 Å². The number of rotatable bonds is 2. The Labute approximate surface area is 161 Å². The Kier molecular flexibility index (Phi) is 4.25. The monoisotopic (exact) mass is 361 g/mol. The van der Waals surface area contributed by atoms with Gasteiger partial charge in [0.05, 0.1) is 23.1 Å². The fourth-order valence-electron chi connectivity index (χ4n) is 3.56. The molecule has 0 radical (unpaired) electrons. The summed E-state index contributed by atoms with van der Waals surface area (Å²) in [5, 5.41) is 8.93. The van der Waals surface area contributed by atoms with Crippen LogP contribution in [-0.2, 0) is 22.3 Å². The Morgan fingerprint density at radius 1 is 1.07 bits per heavy atom. The molecule has 0 unspecified atom stereocenters. The number of nitrogens with zero attached hydrogens (tertiary/aromatic N) is 3. The highest BCUT2D eigenvalue weighted by Crippen LogP contribution is 2.36. The number of aromatic nitrogens is 1. The number of fused-ring (bicyclic) bond motifs is 1. The molecule has 27 heavy (non-hydrogen) atoms. The van der Waals surface area contributed by atoms with Crippen LogP contribution in [0.1, 0.15) is 44.5 Å². The highest BCUT2D eigenvalue weighted by molar-refractivity contribution is 6.62. The molecule has 1 aromatic carbocycles. The maximum atomic E-state index is 8.93. The van der Waals surface area contributed by atoms with Crippen molar-refractivity contribution >= 4 is 18.3 Å². The van der Waals surface area contributed by atoms with Crippen LogP contribution in [0.4, 0.5) is 5.69 Å². The summed E-state index contributed by atoms with van der Waals surface area (Å²) in [6.45, 7) is 10.1. The number of hydrogen-bond acceptors (Lipinski definition) is 5. The number of pyridine rings is 1. The van der Waals surface area contributed by atoms with Gasteiger partial charge in [-0.3, -0.25) is 0 Å². The average molecular weight is 361 g/mol. The summed E-state index contributed by atoms with van der Waals surface area (Å²) in [6.07, 6.45) is 2.76. The summed E-state index contributed by atoms with van der Waals surface area (Å²) in [6, 6.07) is 12.3. The van der Waals surface area contributed by atoms with Gasteiger partial charge in [-0.25, -0.2) is 4.98 Å². The Morgan fingerprint density at radius 2 is 1.81 bits per heavy atom. The van der Waals surface area contributed by atoms with E-state index in [9.17, 15) is 0 Å². The molecule has 1 saturated heterocycles. The van der Waals surface area contributed by atoms with Crippen molar-refractivity contribution in [2.45, 2.75) is 51.9 Å². The minimum Gasteiger partial charge on any atom is -0.399 e. The van der Waals surface area contributed by atoms with Crippen molar-refractivity contribution in [2.24, 2.45) is 0 Å². The molecule has 138 valence electrons. The van der Waals surface area contributed by atoms with Gasteiger partial charge in [-0.15, -0.1) is 0 Å². The van der Waals surface area contributed by atoms with E-state index in [4.69, 9.17) is 14.6 Å². The van der Waals surface area contributed by atoms with E-state index >= 15 is 0 Å². The van der Waals surface area contributed by atoms with Gasteiger partial charge < -0.3 is 14.2 Å². The average Bonchev–Trinajstić information content (AvgIpc) is 2.88. The molecule has 4 rings (SSSR count). The van der Waals surface area contributed by atoms with Crippen LogP contribution in [0.3, 0.4) is 0 Å². The molecule has 0 saturated carbocycles. The summed E-state index contributed by atoms with van der Waals surface area (Å²) in [5.41, 5.74) is 4.53. The molecule has 0 N–H and O–H groups in total. The third-order valence-electron chi connectivity index (χ3n) is 6.00. The van der Waals surface area contributed by atoms with Crippen LogP contribution in [0.5, 0.6) is 0 Å². The van der Waals surface area contributed by atoms with Gasteiger partial charge in [-0.2, -0.15) is 5.26 Å². The second-order valence-corrected chi connectivity index (χ2v) is 8.30. The Hall–Kier alpha value is -2.36. The Morgan fingerprint density at radius 3 is 2.44 bits per heavy atom. The third-order valence-corrected chi connectivity index (χ3v) is 6.00. The molecular formula is C21H24BN3O2. The minimum absolute atomic E-state index is 0.340. The first-order valence-electron chi connectivity index (χ1n) is 9.37. The van der Waals surface area contributed by atoms with E-state index < -0.39 is 0 Å². The molecule has 6 heteroatoms. The fraction of sp³-hybridized carbons (Fsp3) is 0.429. The summed E-state index contributed by atoms with van der Waals surface area (Å²) < 4.78 is 12.4. The lowest BCUT2D eigenvalue weighted by atomic mass is 9.77. The SMILES string of the molecule is CC1(C)OB(c2ccc3c(c2)CN(c2ccc(C#N)nc2)CC3)OC1(C)C. The Balaban J connectivity index is 1.57. The minimum atomic E-state index is -0.341. The van der Waals surface area contributed by atoms with Crippen molar-refractivity contribution in [3.05, 3.63) is 53.3 Å². The topological polar surface area (TPSA) is 58.4 Å². The maximum Gasteiger partial charge on any atom is 0.494 e. The van der Waals surface area contributed by atoms with Crippen molar-refractivity contribution in [1.29, 1.82) is 5.26 Å². The highest BCUT2D eigenvalue weighted by Gasteiger charge is 2.51. The normalized spacial score (nSPS) is 20.3. The van der Waals surface area contributed by atoms with Gasteiger partial charge in [0, 0.05) is 13.1 Å². The van der Waals surface area contributed by atoms with Crippen molar-refractivity contribution in [3.63, 3.8) is 0 Å². The maximum absolute atomic E-state index is 8.93. The Bertz CT molecular complexity index is 887. The first kappa shape index (κ1) is 18.0. The summed E-state index contributed by atoms with van der Waals surface area (Å²) >= 11 is 0. The molecule has 2 aliphatic heterocycles. The zero-order chi connectivity index (χ0) is 19.2. The number of benzene rings is 1. The van der Waals surface area contributed by atoms with E-state index in [0.29, 0.717) is 5.69 Å². The van der Waals surface area contributed by atoms with Gasteiger partial charge in [0.1, 0.15) is 11.8 Å². The molecule has 0 aliphatic carbocycles. The van der Waals surface area contributed by atoms with E-state index in [1.165, 1.54) is 11.1 Å². The number of nitriles is 1. The first-order valence-corrected chi connectivity index (χ1v) is 9.37. The highest BCUT2D eigenvalue weighted by atomic mass is 16.7. The molecule has 1 fully saturated rings. The largest absolute Gasteiger partial charge is 0.494 e. The smallest absolute Gasteiger partial charge is 0.399 e. The van der Waals surface area contributed by atoms with Gasteiger partial charge in [0.2, 0.25) is 0 Å². The van der Waals surface area contributed by atoms with E-state index in [-0.39, 0.29) is 18.3 Å². The van der Waals surface area contributed by atoms with Gasteiger partial charge >= 0.3 is 7.12 Å². The van der Waals surface area contributed by atoms with Crippen molar-refractivity contribution in [3.8, 4) is 6.07 Å². The van der Waals surface area contributed by atoms with Crippen LogP contribution in [0.2, 0.25) is 0 Å². The van der Waals surface area contributed by atoms with Crippen LogP contribution in [0, 0.1) is 11.3 Å². The van der Waals surface area contributed by atoms with Crippen molar-refractivity contribution in [2.75, 3.05) is 11.4 Å². The van der Waals surface area contributed by atoms with Crippen LogP contribution in [-0.4, -0.2) is 29.8 Å². The molecule has 0 spiro atoms. The quantitative estimate of drug-likeness (QED) is 0.770. The molecule has 3 heterocycles. The second kappa shape index (κ2) is 6.37.